The van der Waals surface area contributed by atoms with E-state index in [2.05, 4.69) is 35.9 Å². The van der Waals surface area contributed by atoms with Gasteiger partial charge in [0, 0.05) is 56.0 Å². The quantitative estimate of drug-likeness (QED) is 0.119. The van der Waals surface area contributed by atoms with Gasteiger partial charge < -0.3 is 37.6 Å². The molecule has 0 aromatic rings. The summed E-state index contributed by atoms with van der Waals surface area (Å²) in [6, 6.07) is -5.12. The van der Waals surface area contributed by atoms with Crippen LogP contribution in [0.4, 0.5) is 0 Å². The number of carboxylic acid groups (broad SMARTS) is 2. The maximum absolute atomic E-state index is 12.9. The van der Waals surface area contributed by atoms with E-state index in [1.807, 2.05) is 0 Å². The SMILES string of the molecule is N[C@@H](CCC(=O)N[C@H]1CSSC[C@H](NC(=O)CC[C@H](N)C(=O)O)C(=O)NCC(=O)N=CCC=NCCCC=NC(=O)C=NC1=O)C(=O)O. The number of aliphatic imine (C=N–C) groups is 4. The summed E-state index contributed by atoms with van der Waals surface area (Å²) in [5, 5.41) is 25.2. The highest BCUT2D eigenvalue weighted by Gasteiger charge is 2.25. The van der Waals surface area contributed by atoms with Crippen molar-refractivity contribution >= 4 is 93.8 Å². The van der Waals surface area contributed by atoms with Crippen molar-refractivity contribution in [1.29, 1.82) is 0 Å². The number of hydrogen-bond acceptors (Lipinski definition) is 13. The van der Waals surface area contributed by atoms with Crippen molar-refractivity contribution in [2.24, 2.45) is 31.4 Å². The van der Waals surface area contributed by atoms with Crippen LogP contribution in [0.2, 0.25) is 0 Å². The molecule has 0 bridgehead atoms. The summed E-state index contributed by atoms with van der Waals surface area (Å²) in [6.07, 6.45) is 5.02. The summed E-state index contributed by atoms with van der Waals surface area (Å²) in [6.45, 7) is -0.0842. The third kappa shape index (κ3) is 19.4. The van der Waals surface area contributed by atoms with Crippen molar-refractivity contribution in [2.45, 2.75) is 69.1 Å². The number of carboxylic acids is 2. The minimum absolute atomic E-state index is 0.111. The molecule has 0 spiro atoms. The third-order valence-corrected chi connectivity index (χ3v) is 8.39. The van der Waals surface area contributed by atoms with Gasteiger partial charge in [-0.2, -0.15) is 0 Å². The Hall–Kier alpha value is -4.34. The first-order valence-electron chi connectivity index (χ1n) is 14.6. The van der Waals surface area contributed by atoms with E-state index in [-0.39, 0.29) is 43.6 Å². The molecule has 4 atom stereocenters. The highest BCUT2D eigenvalue weighted by molar-refractivity contribution is 8.76. The summed E-state index contributed by atoms with van der Waals surface area (Å²) in [4.78, 5) is 112. The molecule has 19 nitrogen and oxygen atoms in total. The number of hydrogen-bond donors (Lipinski definition) is 7. The molecule has 1 aliphatic heterocycles. The van der Waals surface area contributed by atoms with Gasteiger partial charge in [-0.25, -0.2) is 15.0 Å². The molecule has 1 rings (SSSR count). The van der Waals surface area contributed by atoms with Crippen LogP contribution >= 0.6 is 21.6 Å². The van der Waals surface area contributed by atoms with Crippen LogP contribution in [0, 0.1) is 0 Å². The Morgan fingerprint density at radius 3 is 2.04 bits per heavy atom. The molecule has 6 amide bonds. The normalized spacial score (nSPS) is 20.6. The highest BCUT2D eigenvalue weighted by Crippen LogP contribution is 2.23. The second-order valence-electron chi connectivity index (χ2n) is 9.91. The Morgan fingerprint density at radius 2 is 1.44 bits per heavy atom. The van der Waals surface area contributed by atoms with Crippen LogP contribution in [0.1, 0.15) is 44.9 Å². The van der Waals surface area contributed by atoms with Gasteiger partial charge in [0.25, 0.3) is 17.7 Å². The highest BCUT2D eigenvalue weighted by atomic mass is 33.1. The zero-order valence-corrected chi connectivity index (χ0v) is 27.5. The van der Waals surface area contributed by atoms with E-state index in [0.717, 1.165) is 21.6 Å². The zero-order chi connectivity index (χ0) is 35.9. The van der Waals surface area contributed by atoms with Crippen molar-refractivity contribution in [3.8, 4) is 0 Å². The predicted molar refractivity (Wildman–Crippen MR) is 179 cm³/mol. The van der Waals surface area contributed by atoms with Crippen LogP contribution in [0.5, 0.6) is 0 Å². The summed E-state index contributed by atoms with van der Waals surface area (Å²) >= 11 is 0. The topological polar surface area (TPSA) is 315 Å². The summed E-state index contributed by atoms with van der Waals surface area (Å²) in [7, 11) is 1.99. The second kappa shape index (κ2) is 23.9. The number of nitrogens with zero attached hydrogens (tertiary/aromatic N) is 4. The van der Waals surface area contributed by atoms with Gasteiger partial charge >= 0.3 is 11.9 Å². The van der Waals surface area contributed by atoms with Gasteiger partial charge in [0.15, 0.2) is 0 Å². The minimum atomic E-state index is -1.31. The number of nitrogens with one attached hydrogen (secondary N) is 3. The van der Waals surface area contributed by atoms with E-state index in [1.165, 1.54) is 18.6 Å². The minimum Gasteiger partial charge on any atom is -0.480 e. The van der Waals surface area contributed by atoms with E-state index in [4.69, 9.17) is 21.7 Å². The molecule has 0 aliphatic carbocycles. The molecule has 48 heavy (non-hydrogen) atoms. The van der Waals surface area contributed by atoms with Crippen LogP contribution in [0.15, 0.2) is 20.0 Å². The Kier molecular flexibility index (Phi) is 20.8. The maximum Gasteiger partial charge on any atom is 0.320 e. The molecule has 0 saturated heterocycles. The van der Waals surface area contributed by atoms with Crippen molar-refractivity contribution in [3.63, 3.8) is 0 Å². The van der Waals surface area contributed by atoms with E-state index >= 15 is 0 Å². The van der Waals surface area contributed by atoms with Gasteiger partial charge in [-0.3, -0.25) is 43.3 Å². The van der Waals surface area contributed by atoms with Crippen molar-refractivity contribution in [1.82, 2.24) is 16.0 Å². The molecular formula is C27H39N9O10S2. The molecular weight excluding hydrogens is 674 g/mol. The van der Waals surface area contributed by atoms with Gasteiger partial charge in [-0.1, -0.05) is 21.6 Å². The first-order valence-corrected chi connectivity index (χ1v) is 17.0. The average molecular weight is 714 g/mol. The fraction of sp³-hybridized carbons (Fsp3) is 0.556. The number of nitrogens with two attached hydrogens (primary N) is 2. The fourth-order valence-corrected chi connectivity index (χ4v) is 5.63. The average Bonchev–Trinajstić information content (AvgIpc) is 3.04. The lowest BCUT2D eigenvalue weighted by atomic mass is 10.1. The molecule has 0 fully saturated rings. The summed E-state index contributed by atoms with van der Waals surface area (Å²) in [5.74, 6) is -7.42. The van der Waals surface area contributed by atoms with Crippen molar-refractivity contribution < 1.29 is 48.6 Å². The van der Waals surface area contributed by atoms with Gasteiger partial charge in [0.2, 0.25) is 17.7 Å². The molecule has 0 aromatic heterocycles. The number of carbonyl (C=O) groups excluding carboxylic acids is 6. The fourth-order valence-electron chi connectivity index (χ4n) is 3.31. The Morgan fingerprint density at radius 1 is 0.854 bits per heavy atom. The maximum atomic E-state index is 12.9. The molecule has 0 saturated carbocycles. The second-order valence-corrected chi connectivity index (χ2v) is 12.5. The lowest BCUT2D eigenvalue weighted by molar-refractivity contribution is -0.140. The Labute approximate surface area is 283 Å². The third-order valence-electron chi connectivity index (χ3n) is 5.97. The van der Waals surface area contributed by atoms with Gasteiger partial charge in [0.1, 0.15) is 24.2 Å². The number of carbonyl (C=O) groups is 8. The van der Waals surface area contributed by atoms with Crippen molar-refractivity contribution in [2.75, 3.05) is 24.6 Å². The van der Waals surface area contributed by atoms with Gasteiger partial charge in [-0.15, -0.1) is 0 Å². The summed E-state index contributed by atoms with van der Waals surface area (Å²) < 4.78 is 0. The van der Waals surface area contributed by atoms with E-state index in [0.29, 0.717) is 25.6 Å². The molecule has 1 aliphatic rings. The van der Waals surface area contributed by atoms with E-state index in [9.17, 15) is 38.4 Å². The van der Waals surface area contributed by atoms with Crippen LogP contribution in [-0.4, -0.2) is 131 Å². The standard InChI is InChI=1S/C27H39N9O10S2/c28-16(26(43)44)4-6-20(37)35-18-14-47-48-15-19(36-21(38)7-5-17(29)27(45)46)25(42)34-13-23(40)32-11-3-9-30-8-1-2-10-31-22(39)12-33-24(18)41/h9-12,16-19H,1-8,13-15,28-29H2,(H,34,42)(H,35,37)(H,36,38)(H,43,44)(H,45,46)/t16-,17-,18-,19-/m0/s1. The molecule has 21 heteroatoms. The first-order chi connectivity index (χ1) is 22.8. The smallest absolute Gasteiger partial charge is 0.320 e. The summed E-state index contributed by atoms with van der Waals surface area (Å²) in [5.41, 5.74) is 10.9. The number of aliphatic carboxylic acids is 2. The number of amides is 6. The molecule has 264 valence electrons. The lowest BCUT2D eigenvalue weighted by Crippen LogP contribution is -2.49. The molecule has 0 radical (unpaired) electrons. The molecule has 9 N–H and O–H groups in total. The zero-order valence-electron chi connectivity index (χ0n) is 25.8. The lowest BCUT2D eigenvalue weighted by Gasteiger charge is -2.19. The number of rotatable bonds is 10. The van der Waals surface area contributed by atoms with Crippen molar-refractivity contribution in [3.05, 3.63) is 0 Å². The van der Waals surface area contributed by atoms with Crippen LogP contribution in [0.3, 0.4) is 0 Å². The van der Waals surface area contributed by atoms with Gasteiger partial charge in [0.05, 0.1) is 12.8 Å². The van der Waals surface area contributed by atoms with Crippen LogP contribution in [-0.2, 0) is 38.4 Å². The van der Waals surface area contributed by atoms with E-state index in [1.54, 1.807) is 0 Å². The van der Waals surface area contributed by atoms with Gasteiger partial charge in [-0.05, 0) is 25.7 Å². The Bertz CT molecular complexity index is 1290. The molecule has 1 heterocycles. The Balaban J connectivity index is 3.11. The van der Waals surface area contributed by atoms with E-state index < -0.39 is 78.1 Å². The monoisotopic (exact) mass is 713 g/mol. The van der Waals surface area contributed by atoms with Crippen LogP contribution in [0.25, 0.3) is 0 Å². The predicted octanol–water partition coefficient (Wildman–Crippen LogP) is -2.12. The molecule has 0 unspecified atom stereocenters. The largest absolute Gasteiger partial charge is 0.480 e. The molecule has 0 aromatic carbocycles. The first kappa shape index (κ1) is 41.7. The van der Waals surface area contributed by atoms with Crippen LogP contribution < -0.4 is 27.4 Å².